The summed E-state index contributed by atoms with van der Waals surface area (Å²) < 4.78 is 12.0. The zero-order valence-corrected chi connectivity index (χ0v) is 20.2. The zero-order chi connectivity index (χ0) is 24.5. The molecular weight excluding hydrogens is 454 g/mol. The summed E-state index contributed by atoms with van der Waals surface area (Å²) in [6.07, 6.45) is 4.26. The molecule has 182 valence electrons. The van der Waals surface area contributed by atoms with Crippen molar-refractivity contribution in [3.8, 4) is 11.5 Å². The van der Waals surface area contributed by atoms with Gasteiger partial charge in [-0.3, -0.25) is 4.90 Å². The van der Waals surface area contributed by atoms with Crippen LogP contribution in [0.2, 0.25) is 0 Å². The van der Waals surface area contributed by atoms with Crippen molar-refractivity contribution in [1.82, 2.24) is 4.90 Å². The maximum Gasteiger partial charge on any atom is 0.328 e. The molecule has 2 bridgehead atoms. The Balaban J connectivity index is 0.000000350. The van der Waals surface area contributed by atoms with Crippen LogP contribution >= 0.6 is 11.8 Å². The normalized spacial score (nSPS) is 21.1. The van der Waals surface area contributed by atoms with Gasteiger partial charge in [-0.25, -0.2) is 9.59 Å². The second-order valence-electron chi connectivity index (χ2n) is 8.52. The van der Waals surface area contributed by atoms with Crippen molar-refractivity contribution in [3.63, 3.8) is 0 Å². The van der Waals surface area contributed by atoms with Gasteiger partial charge in [0.2, 0.25) is 0 Å². The number of hydrogen-bond acceptors (Lipinski definition) is 6. The van der Waals surface area contributed by atoms with Gasteiger partial charge >= 0.3 is 11.9 Å². The third kappa shape index (κ3) is 8.43. The Morgan fingerprint density at radius 2 is 1.41 bits per heavy atom. The van der Waals surface area contributed by atoms with E-state index in [1.54, 1.807) is 11.8 Å². The maximum absolute atomic E-state index is 9.55. The van der Waals surface area contributed by atoms with E-state index in [-0.39, 0.29) is 6.10 Å². The number of carboxylic acids is 2. The fraction of sp³-hybridized carbons (Fsp3) is 0.385. The average Bonchev–Trinajstić information content (AvgIpc) is 2.81. The fourth-order valence-electron chi connectivity index (χ4n) is 3.94. The molecule has 0 aliphatic carbocycles. The van der Waals surface area contributed by atoms with E-state index in [0.29, 0.717) is 18.3 Å². The van der Waals surface area contributed by atoms with Gasteiger partial charge in [0.05, 0.1) is 6.10 Å². The number of rotatable bonds is 8. The van der Waals surface area contributed by atoms with Crippen molar-refractivity contribution in [2.24, 2.45) is 5.92 Å². The van der Waals surface area contributed by atoms with Crippen molar-refractivity contribution in [3.05, 3.63) is 60.7 Å². The van der Waals surface area contributed by atoms with E-state index in [0.717, 1.165) is 24.0 Å². The third-order valence-corrected chi connectivity index (χ3v) is 6.52. The number of aliphatic carboxylic acids is 2. The minimum absolute atomic E-state index is 0.206. The van der Waals surface area contributed by atoms with Gasteiger partial charge < -0.3 is 19.7 Å². The fourth-order valence-corrected chi connectivity index (χ4v) is 4.76. The van der Waals surface area contributed by atoms with E-state index in [4.69, 9.17) is 19.7 Å². The van der Waals surface area contributed by atoms with Crippen LogP contribution in [0, 0.1) is 5.92 Å². The predicted molar refractivity (Wildman–Crippen MR) is 131 cm³/mol. The van der Waals surface area contributed by atoms with Crippen molar-refractivity contribution in [2.75, 3.05) is 19.6 Å². The molecule has 2 aromatic carbocycles. The molecule has 0 radical (unpaired) electrons. The van der Waals surface area contributed by atoms with Crippen LogP contribution in [0.3, 0.4) is 0 Å². The summed E-state index contributed by atoms with van der Waals surface area (Å²) in [5.74, 6) is 0.139. The molecule has 0 saturated carbocycles. The van der Waals surface area contributed by atoms with E-state index in [9.17, 15) is 9.59 Å². The Morgan fingerprint density at radius 1 is 0.912 bits per heavy atom. The van der Waals surface area contributed by atoms with Crippen molar-refractivity contribution in [2.45, 2.75) is 48.7 Å². The Labute approximate surface area is 204 Å². The van der Waals surface area contributed by atoms with Crippen LogP contribution in [0.25, 0.3) is 0 Å². The highest BCUT2D eigenvalue weighted by atomic mass is 32.2. The van der Waals surface area contributed by atoms with Crippen LogP contribution in [0.15, 0.2) is 70.5 Å². The predicted octanol–water partition coefficient (Wildman–Crippen LogP) is 4.81. The standard InChI is InChI=1S/C22H27NO2S.C4H4O4/c1-16(2)24-18-3-7-20(8-4-18)26-21-9-5-19(6-10-21)25-22-15-23-13-11-17(22)12-14-23;5-3(6)1-2-4(7)8/h3-10,16-17,22H,11-15H2,1-2H3;1-2H,(H,5,6)(H,7,8)/b;2-1+. The molecule has 8 heteroatoms. The number of fused-ring (bicyclic) bond motifs is 3. The highest BCUT2D eigenvalue weighted by Crippen LogP contribution is 2.33. The molecule has 3 fully saturated rings. The molecule has 0 amide bonds. The molecule has 3 saturated heterocycles. The minimum Gasteiger partial charge on any atom is -0.491 e. The summed E-state index contributed by atoms with van der Waals surface area (Å²) in [4.78, 5) is 24.1. The van der Waals surface area contributed by atoms with Crippen LogP contribution in [-0.2, 0) is 9.59 Å². The second-order valence-corrected chi connectivity index (χ2v) is 9.66. The lowest BCUT2D eigenvalue weighted by atomic mass is 9.86. The van der Waals surface area contributed by atoms with Gasteiger partial charge in [0, 0.05) is 28.5 Å². The van der Waals surface area contributed by atoms with E-state index in [2.05, 4.69) is 41.3 Å². The number of piperidine rings is 3. The number of carboxylic acid groups (broad SMARTS) is 2. The largest absolute Gasteiger partial charge is 0.491 e. The van der Waals surface area contributed by atoms with E-state index >= 15 is 0 Å². The highest BCUT2D eigenvalue weighted by Gasteiger charge is 2.35. The Bertz CT molecular complexity index is 950. The molecule has 3 aliphatic rings. The summed E-state index contributed by atoms with van der Waals surface area (Å²) in [5, 5.41) is 15.6. The lowest BCUT2D eigenvalue weighted by Gasteiger charge is -2.44. The van der Waals surface area contributed by atoms with Crippen molar-refractivity contribution < 1.29 is 29.3 Å². The van der Waals surface area contributed by atoms with Gasteiger partial charge in [-0.2, -0.15) is 0 Å². The Morgan fingerprint density at radius 3 is 1.82 bits per heavy atom. The van der Waals surface area contributed by atoms with E-state index in [1.807, 2.05) is 26.0 Å². The molecule has 0 spiro atoms. The topological polar surface area (TPSA) is 96.3 Å². The minimum atomic E-state index is -1.26. The molecule has 3 aliphatic heterocycles. The van der Waals surface area contributed by atoms with Gasteiger partial charge in [-0.15, -0.1) is 0 Å². The number of nitrogens with zero attached hydrogens (tertiary/aromatic N) is 1. The first-order valence-electron chi connectivity index (χ1n) is 11.4. The molecule has 34 heavy (non-hydrogen) atoms. The SMILES string of the molecule is CC(C)Oc1ccc(Sc2ccc(OC3CN4CCC3CC4)cc2)cc1.O=C(O)/C=C/C(=O)O. The number of benzene rings is 2. The molecule has 1 unspecified atom stereocenters. The van der Waals surface area contributed by atoms with E-state index < -0.39 is 11.9 Å². The smallest absolute Gasteiger partial charge is 0.328 e. The first-order chi connectivity index (χ1) is 16.3. The first kappa shape index (κ1) is 25.6. The van der Waals surface area contributed by atoms with Gasteiger partial charge in [0.25, 0.3) is 0 Å². The zero-order valence-electron chi connectivity index (χ0n) is 19.4. The summed E-state index contributed by atoms with van der Waals surface area (Å²) in [6.45, 7) is 7.68. The molecule has 5 rings (SSSR count). The molecular formula is C26H31NO6S. The first-order valence-corrected chi connectivity index (χ1v) is 12.2. The monoisotopic (exact) mass is 485 g/mol. The summed E-state index contributed by atoms with van der Waals surface area (Å²) in [6, 6.07) is 16.8. The number of carbonyl (C=O) groups is 2. The van der Waals surface area contributed by atoms with Crippen LogP contribution in [0.1, 0.15) is 26.7 Å². The number of hydrogen-bond donors (Lipinski definition) is 2. The van der Waals surface area contributed by atoms with Gasteiger partial charge in [0.15, 0.2) is 0 Å². The van der Waals surface area contributed by atoms with Crippen LogP contribution in [0.4, 0.5) is 0 Å². The Kier molecular flexibility index (Phi) is 9.42. The van der Waals surface area contributed by atoms with Crippen LogP contribution < -0.4 is 9.47 Å². The van der Waals surface area contributed by atoms with Crippen LogP contribution in [-0.4, -0.2) is 58.9 Å². The van der Waals surface area contributed by atoms with Crippen molar-refractivity contribution in [1.29, 1.82) is 0 Å². The molecule has 0 aromatic heterocycles. The molecule has 2 aromatic rings. The molecule has 7 nitrogen and oxygen atoms in total. The summed E-state index contributed by atoms with van der Waals surface area (Å²) in [5.41, 5.74) is 0. The molecule has 2 N–H and O–H groups in total. The highest BCUT2D eigenvalue weighted by molar-refractivity contribution is 7.99. The second kappa shape index (κ2) is 12.5. The van der Waals surface area contributed by atoms with Crippen molar-refractivity contribution >= 4 is 23.7 Å². The number of ether oxygens (including phenoxy) is 2. The van der Waals surface area contributed by atoms with E-state index in [1.165, 1.54) is 35.7 Å². The lowest BCUT2D eigenvalue weighted by molar-refractivity contribution is -0.134. The maximum atomic E-state index is 9.55. The Hall–Kier alpha value is -2.97. The third-order valence-electron chi connectivity index (χ3n) is 5.51. The summed E-state index contributed by atoms with van der Waals surface area (Å²) in [7, 11) is 0. The average molecular weight is 486 g/mol. The molecule has 1 atom stereocenters. The lowest BCUT2D eigenvalue weighted by Crippen LogP contribution is -2.52. The van der Waals surface area contributed by atoms with Gasteiger partial charge in [-0.1, -0.05) is 11.8 Å². The van der Waals surface area contributed by atoms with Gasteiger partial charge in [0.1, 0.15) is 17.6 Å². The summed E-state index contributed by atoms with van der Waals surface area (Å²) >= 11 is 1.76. The van der Waals surface area contributed by atoms with Crippen LogP contribution in [0.5, 0.6) is 11.5 Å². The molecule has 3 heterocycles. The quantitative estimate of drug-likeness (QED) is 0.514. The van der Waals surface area contributed by atoms with Gasteiger partial charge in [-0.05, 0) is 94.2 Å².